The van der Waals surface area contributed by atoms with Crippen molar-refractivity contribution >= 4 is 51.4 Å². The van der Waals surface area contributed by atoms with Crippen LogP contribution < -0.4 is 16.0 Å². The number of aryl methyl sites for hydroxylation is 3. The monoisotopic (exact) mass is 428 g/mol. The van der Waals surface area contributed by atoms with Gasteiger partial charge in [-0.05, 0) is 61.7 Å². The molecule has 0 unspecified atom stereocenters. The first-order chi connectivity index (χ1) is 13.9. The van der Waals surface area contributed by atoms with E-state index in [-0.39, 0.29) is 5.91 Å². The molecule has 3 N–H and O–H groups in total. The molecule has 6 nitrogen and oxygen atoms in total. The molecule has 2 aromatic carbocycles. The molecule has 3 rings (SSSR count). The molecule has 0 radical (unpaired) electrons. The first-order valence-corrected chi connectivity index (χ1v) is 10.3. The van der Waals surface area contributed by atoms with Gasteiger partial charge in [0.2, 0.25) is 5.91 Å². The highest BCUT2D eigenvalue weighted by molar-refractivity contribution is 7.13. The minimum absolute atomic E-state index is 0.0730. The minimum Gasteiger partial charge on any atom is -0.326 e. The molecular weight excluding hydrogens is 408 g/mol. The summed E-state index contributed by atoms with van der Waals surface area (Å²) < 4.78 is 0. The molecule has 0 atom stereocenters. The maximum atomic E-state index is 12.2. The Kier molecular flexibility index (Phi) is 6.85. The second-order valence-corrected chi connectivity index (χ2v) is 7.95. The highest BCUT2D eigenvalue weighted by Crippen LogP contribution is 2.19. The Balaban J connectivity index is 1.48. The molecule has 1 heterocycles. The van der Waals surface area contributed by atoms with Gasteiger partial charge in [0.05, 0.1) is 5.69 Å². The summed E-state index contributed by atoms with van der Waals surface area (Å²) in [7, 11) is 0. The van der Waals surface area contributed by atoms with Crippen LogP contribution in [0.4, 0.5) is 21.3 Å². The van der Waals surface area contributed by atoms with E-state index in [2.05, 4.69) is 27.0 Å². The summed E-state index contributed by atoms with van der Waals surface area (Å²) in [6.45, 7) is 3.99. The van der Waals surface area contributed by atoms with Crippen molar-refractivity contribution < 1.29 is 9.59 Å². The van der Waals surface area contributed by atoms with E-state index in [1.165, 1.54) is 11.3 Å². The molecule has 150 valence electrons. The van der Waals surface area contributed by atoms with Crippen LogP contribution >= 0.6 is 22.9 Å². The molecule has 0 aliphatic rings. The third-order valence-corrected chi connectivity index (χ3v) is 5.01. The van der Waals surface area contributed by atoms with Gasteiger partial charge in [-0.2, -0.15) is 0 Å². The van der Waals surface area contributed by atoms with Crippen molar-refractivity contribution in [1.29, 1.82) is 0 Å². The number of aromatic nitrogens is 1. The predicted molar refractivity (Wildman–Crippen MR) is 119 cm³/mol. The smallest absolute Gasteiger partial charge is 0.325 e. The molecule has 0 fully saturated rings. The van der Waals surface area contributed by atoms with Crippen molar-refractivity contribution in [3.8, 4) is 0 Å². The zero-order valence-corrected chi connectivity index (χ0v) is 17.7. The molecule has 8 heteroatoms. The van der Waals surface area contributed by atoms with Crippen LogP contribution in [0.1, 0.15) is 23.2 Å². The van der Waals surface area contributed by atoms with E-state index in [4.69, 9.17) is 11.6 Å². The average molecular weight is 429 g/mol. The van der Waals surface area contributed by atoms with Crippen molar-refractivity contribution in [3.05, 3.63) is 69.7 Å². The van der Waals surface area contributed by atoms with E-state index in [1.54, 1.807) is 24.3 Å². The Morgan fingerprint density at radius 1 is 1.00 bits per heavy atom. The van der Waals surface area contributed by atoms with Crippen LogP contribution in [0.15, 0.2) is 47.8 Å². The number of nitrogens with zero attached hydrogens (tertiary/aromatic N) is 1. The molecule has 0 saturated heterocycles. The lowest BCUT2D eigenvalue weighted by Gasteiger charge is -2.07. The molecule has 0 spiro atoms. The summed E-state index contributed by atoms with van der Waals surface area (Å²) in [6.07, 6.45) is 0.801. The van der Waals surface area contributed by atoms with Gasteiger partial charge in [0.15, 0.2) is 5.13 Å². The molecule has 0 bridgehead atoms. The van der Waals surface area contributed by atoms with Crippen molar-refractivity contribution in [1.82, 2.24) is 4.98 Å². The normalized spacial score (nSPS) is 10.4. The fourth-order valence-corrected chi connectivity index (χ4v) is 3.75. The number of nitrogens with one attached hydrogen (secondary N) is 3. The molecule has 1 aromatic heterocycles. The van der Waals surface area contributed by atoms with Crippen LogP contribution in [-0.4, -0.2) is 16.9 Å². The third-order valence-electron chi connectivity index (χ3n) is 3.97. The number of carbonyl (C=O) groups excluding carboxylic acids is 2. The highest BCUT2D eigenvalue weighted by atomic mass is 35.5. The fraction of sp³-hybridized carbons (Fsp3) is 0.190. The molecule has 0 saturated carbocycles. The van der Waals surface area contributed by atoms with Crippen LogP contribution in [0.25, 0.3) is 0 Å². The van der Waals surface area contributed by atoms with Gasteiger partial charge >= 0.3 is 6.03 Å². The summed E-state index contributed by atoms with van der Waals surface area (Å²) in [4.78, 5) is 28.6. The van der Waals surface area contributed by atoms with E-state index in [1.807, 2.05) is 31.4 Å². The number of hydrogen-bond acceptors (Lipinski definition) is 4. The summed E-state index contributed by atoms with van der Waals surface area (Å²) in [5.74, 6) is -0.0730. The zero-order chi connectivity index (χ0) is 20.8. The molecule has 3 amide bonds. The van der Waals surface area contributed by atoms with Crippen LogP contribution in [0, 0.1) is 13.8 Å². The fourth-order valence-electron chi connectivity index (χ4n) is 2.82. The topological polar surface area (TPSA) is 83.1 Å². The standard InChI is InChI=1S/C21H21ClN4O2S/c1-13-8-14(2)10-18(9-13)23-19(27)7-6-17-12-29-21(25-17)26-20(28)24-16-5-3-4-15(22)11-16/h3-5,8-12H,6-7H2,1-2H3,(H,23,27)(H2,24,25,26,28). The minimum atomic E-state index is -0.402. The second-order valence-electron chi connectivity index (χ2n) is 6.66. The van der Waals surface area contributed by atoms with Crippen molar-refractivity contribution in [2.24, 2.45) is 0 Å². The molecule has 0 aliphatic heterocycles. The number of amides is 3. The molecule has 3 aromatic rings. The lowest BCUT2D eigenvalue weighted by molar-refractivity contribution is -0.116. The number of benzene rings is 2. The van der Waals surface area contributed by atoms with Gasteiger partial charge in [-0.25, -0.2) is 9.78 Å². The number of carbonyl (C=O) groups is 2. The summed E-state index contributed by atoms with van der Waals surface area (Å²) in [6, 6.07) is 12.4. The molecule has 29 heavy (non-hydrogen) atoms. The van der Waals surface area contributed by atoms with Crippen LogP contribution in [0.2, 0.25) is 5.02 Å². The van der Waals surface area contributed by atoms with Crippen LogP contribution in [0.3, 0.4) is 0 Å². The van der Waals surface area contributed by atoms with E-state index in [0.717, 1.165) is 22.5 Å². The van der Waals surface area contributed by atoms with Crippen LogP contribution in [0.5, 0.6) is 0 Å². The largest absolute Gasteiger partial charge is 0.326 e. The van der Waals surface area contributed by atoms with Gasteiger partial charge in [0, 0.05) is 28.2 Å². The highest BCUT2D eigenvalue weighted by Gasteiger charge is 2.09. The van der Waals surface area contributed by atoms with Gasteiger partial charge < -0.3 is 10.6 Å². The van der Waals surface area contributed by atoms with Crippen molar-refractivity contribution in [2.45, 2.75) is 26.7 Å². The second kappa shape index (κ2) is 9.54. The van der Waals surface area contributed by atoms with Gasteiger partial charge in [0.1, 0.15) is 0 Å². The van der Waals surface area contributed by atoms with Crippen LogP contribution in [-0.2, 0) is 11.2 Å². The lowest BCUT2D eigenvalue weighted by Crippen LogP contribution is -2.19. The number of hydrogen-bond donors (Lipinski definition) is 3. The number of urea groups is 1. The van der Waals surface area contributed by atoms with Gasteiger partial charge in [-0.3, -0.25) is 10.1 Å². The SMILES string of the molecule is Cc1cc(C)cc(NC(=O)CCc2csc(NC(=O)Nc3cccc(Cl)c3)n2)c1. The molecular formula is C21H21ClN4O2S. The predicted octanol–water partition coefficient (Wildman–Crippen LogP) is 5.63. The Morgan fingerprint density at radius 2 is 1.76 bits per heavy atom. The summed E-state index contributed by atoms with van der Waals surface area (Å²) in [5.41, 5.74) is 4.35. The van der Waals surface area contributed by atoms with E-state index >= 15 is 0 Å². The maximum Gasteiger partial charge on any atom is 0.325 e. The third kappa shape index (κ3) is 6.58. The van der Waals surface area contributed by atoms with E-state index in [9.17, 15) is 9.59 Å². The number of halogens is 1. The Bertz CT molecular complexity index is 1010. The van der Waals surface area contributed by atoms with E-state index in [0.29, 0.717) is 28.7 Å². The Hall–Kier alpha value is -2.90. The number of anilines is 3. The first-order valence-electron chi connectivity index (χ1n) is 9.03. The quantitative estimate of drug-likeness (QED) is 0.475. The first kappa shape index (κ1) is 20.8. The van der Waals surface area contributed by atoms with Crippen molar-refractivity contribution in [2.75, 3.05) is 16.0 Å². The number of rotatable bonds is 6. The summed E-state index contributed by atoms with van der Waals surface area (Å²) in [5, 5.41) is 11.1. The average Bonchev–Trinajstić information content (AvgIpc) is 3.06. The van der Waals surface area contributed by atoms with Gasteiger partial charge in [-0.1, -0.05) is 23.7 Å². The number of thiazole rings is 1. The van der Waals surface area contributed by atoms with Crippen molar-refractivity contribution in [3.63, 3.8) is 0 Å². The zero-order valence-electron chi connectivity index (χ0n) is 16.1. The van der Waals surface area contributed by atoms with Gasteiger partial charge in [0.25, 0.3) is 0 Å². The Labute approximate surface area is 178 Å². The Morgan fingerprint density at radius 3 is 2.48 bits per heavy atom. The molecule has 0 aliphatic carbocycles. The van der Waals surface area contributed by atoms with E-state index < -0.39 is 6.03 Å². The maximum absolute atomic E-state index is 12.2. The van der Waals surface area contributed by atoms with Gasteiger partial charge in [-0.15, -0.1) is 11.3 Å². The lowest BCUT2D eigenvalue weighted by atomic mass is 10.1. The summed E-state index contributed by atoms with van der Waals surface area (Å²) >= 11 is 7.21.